The summed E-state index contributed by atoms with van der Waals surface area (Å²) in [6.07, 6.45) is 2.73. The van der Waals surface area contributed by atoms with Crippen molar-refractivity contribution in [2.24, 2.45) is 11.7 Å². The normalized spacial score (nSPS) is 22.4. The molecule has 2 aliphatic rings. The fourth-order valence-corrected chi connectivity index (χ4v) is 5.14. The van der Waals surface area contributed by atoms with Gasteiger partial charge in [0.05, 0.1) is 10.8 Å². The van der Waals surface area contributed by atoms with Crippen molar-refractivity contribution in [3.05, 3.63) is 21.4 Å². The molecule has 2 aliphatic heterocycles. The van der Waals surface area contributed by atoms with Gasteiger partial charge in [-0.1, -0.05) is 0 Å². The molecule has 1 aromatic heterocycles. The summed E-state index contributed by atoms with van der Waals surface area (Å²) >= 11 is 3.55. The number of likely N-dealkylation sites (tertiary alicyclic amines) is 1. The summed E-state index contributed by atoms with van der Waals surface area (Å²) in [7, 11) is 0. The summed E-state index contributed by atoms with van der Waals surface area (Å²) in [5.74, 6) is 1.76. The molecule has 4 nitrogen and oxygen atoms in total. The molecule has 0 saturated carbocycles. The molecule has 1 aromatic rings. The number of carbonyl (C=O) groups is 2. The molecule has 2 N–H and O–H groups in total. The molecule has 3 heterocycles. The smallest absolute Gasteiger partial charge is 0.263 e. The zero-order valence-electron chi connectivity index (χ0n) is 11.3. The lowest BCUT2D eigenvalue weighted by atomic mass is 9.97. The highest BCUT2D eigenvalue weighted by atomic mass is 32.2. The lowest BCUT2D eigenvalue weighted by molar-refractivity contribution is -0.123. The molecular weight excluding hydrogens is 292 g/mol. The van der Waals surface area contributed by atoms with Gasteiger partial charge < -0.3 is 10.6 Å². The highest BCUT2D eigenvalue weighted by molar-refractivity contribution is 7.98. The van der Waals surface area contributed by atoms with Gasteiger partial charge in [-0.15, -0.1) is 11.3 Å². The number of nitrogens with zero attached hydrogens (tertiary/aromatic N) is 1. The number of nitrogens with two attached hydrogens (primary N) is 1. The molecule has 0 bridgehead atoms. The number of aryl methyl sites for hydroxylation is 1. The SMILES string of the molecule is NC(=O)[C@H]1CCCN(C(=O)c2cc3c(s2)CCSC3)C1. The Labute approximate surface area is 126 Å². The second-order valence-corrected chi connectivity index (χ2v) is 7.60. The van der Waals surface area contributed by atoms with E-state index in [0.717, 1.165) is 42.2 Å². The van der Waals surface area contributed by atoms with Crippen LogP contribution < -0.4 is 5.73 Å². The number of carbonyl (C=O) groups excluding carboxylic acids is 2. The molecule has 0 unspecified atom stereocenters. The Morgan fingerprint density at radius 1 is 1.40 bits per heavy atom. The number of rotatable bonds is 2. The maximum absolute atomic E-state index is 12.6. The van der Waals surface area contributed by atoms with Crippen LogP contribution >= 0.6 is 23.1 Å². The second kappa shape index (κ2) is 5.77. The van der Waals surface area contributed by atoms with Gasteiger partial charge in [0.1, 0.15) is 0 Å². The van der Waals surface area contributed by atoms with E-state index < -0.39 is 0 Å². The van der Waals surface area contributed by atoms with E-state index in [-0.39, 0.29) is 17.7 Å². The zero-order valence-corrected chi connectivity index (χ0v) is 12.9. The molecule has 0 aliphatic carbocycles. The maximum atomic E-state index is 12.6. The van der Waals surface area contributed by atoms with Crippen LogP contribution in [0.15, 0.2) is 6.07 Å². The van der Waals surface area contributed by atoms with E-state index >= 15 is 0 Å². The van der Waals surface area contributed by atoms with E-state index in [0.29, 0.717) is 6.54 Å². The topological polar surface area (TPSA) is 63.4 Å². The molecule has 108 valence electrons. The van der Waals surface area contributed by atoms with Crippen LogP contribution in [0.4, 0.5) is 0 Å². The van der Waals surface area contributed by atoms with Crippen molar-refractivity contribution >= 4 is 34.9 Å². The van der Waals surface area contributed by atoms with E-state index in [1.807, 2.05) is 17.8 Å². The third-order valence-corrected chi connectivity index (χ3v) is 6.18. The van der Waals surface area contributed by atoms with Crippen molar-refractivity contribution in [3.63, 3.8) is 0 Å². The van der Waals surface area contributed by atoms with Gasteiger partial charge in [0.15, 0.2) is 0 Å². The third-order valence-electron chi connectivity index (χ3n) is 3.95. The van der Waals surface area contributed by atoms with Crippen molar-refractivity contribution < 1.29 is 9.59 Å². The van der Waals surface area contributed by atoms with Crippen LogP contribution in [0.2, 0.25) is 0 Å². The molecular formula is C14H18N2O2S2. The maximum Gasteiger partial charge on any atom is 0.263 e. The predicted octanol–water partition coefficient (Wildman–Crippen LogP) is 1.87. The number of fused-ring (bicyclic) bond motifs is 1. The molecule has 1 atom stereocenters. The van der Waals surface area contributed by atoms with E-state index in [1.165, 1.54) is 10.4 Å². The Bertz CT molecular complexity index is 518. The summed E-state index contributed by atoms with van der Waals surface area (Å²) in [4.78, 5) is 27.8. The molecule has 0 spiro atoms. The van der Waals surface area contributed by atoms with Gasteiger partial charge in [0.25, 0.3) is 5.91 Å². The fourth-order valence-electron chi connectivity index (χ4n) is 2.80. The number of piperidine rings is 1. The third kappa shape index (κ3) is 2.72. The van der Waals surface area contributed by atoms with Gasteiger partial charge in [-0.05, 0) is 36.6 Å². The number of primary amides is 1. The number of amides is 2. The van der Waals surface area contributed by atoms with Crippen LogP contribution in [0.1, 0.15) is 33.0 Å². The first kappa shape index (κ1) is 13.9. The zero-order chi connectivity index (χ0) is 14.1. The van der Waals surface area contributed by atoms with Gasteiger partial charge in [0, 0.05) is 23.7 Å². The molecule has 20 heavy (non-hydrogen) atoms. The molecule has 3 rings (SSSR count). The van der Waals surface area contributed by atoms with Crippen LogP contribution in [-0.4, -0.2) is 35.6 Å². The lowest BCUT2D eigenvalue weighted by Crippen LogP contribution is -2.43. The Morgan fingerprint density at radius 2 is 2.25 bits per heavy atom. The van der Waals surface area contributed by atoms with Gasteiger partial charge in [-0.3, -0.25) is 9.59 Å². The highest BCUT2D eigenvalue weighted by Gasteiger charge is 2.29. The molecule has 0 aromatic carbocycles. The van der Waals surface area contributed by atoms with Crippen molar-refractivity contribution in [1.82, 2.24) is 4.90 Å². The van der Waals surface area contributed by atoms with Crippen molar-refractivity contribution in [2.75, 3.05) is 18.8 Å². The summed E-state index contributed by atoms with van der Waals surface area (Å²) in [5.41, 5.74) is 6.69. The Morgan fingerprint density at radius 3 is 3.00 bits per heavy atom. The molecule has 2 amide bonds. The van der Waals surface area contributed by atoms with Crippen LogP contribution in [0.3, 0.4) is 0 Å². The van der Waals surface area contributed by atoms with Crippen LogP contribution in [0.25, 0.3) is 0 Å². The summed E-state index contributed by atoms with van der Waals surface area (Å²) in [6, 6.07) is 2.04. The van der Waals surface area contributed by atoms with E-state index in [2.05, 4.69) is 0 Å². The Balaban J connectivity index is 1.75. The second-order valence-electron chi connectivity index (χ2n) is 5.35. The Hall–Kier alpha value is -1.01. The quantitative estimate of drug-likeness (QED) is 0.907. The lowest BCUT2D eigenvalue weighted by Gasteiger charge is -2.30. The minimum atomic E-state index is -0.288. The fraction of sp³-hybridized carbons (Fsp3) is 0.571. The van der Waals surface area contributed by atoms with Crippen LogP contribution in [0, 0.1) is 5.92 Å². The number of thioether (sulfide) groups is 1. The first-order valence-electron chi connectivity index (χ1n) is 6.93. The first-order chi connectivity index (χ1) is 9.65. The van der Waals surface area contributed by atoms with Crippen LogP contribution in [0.5, 0.6) is 0 Å². The predicted molar refractivity (Wildman–Crippen MR) is 82.0 cm³/mol. The molecule has 0 radical (unpaired) electrons. The largest absolute Gasteiger partial charge is 0.369 e. The number of hydrogen-bond acceptors (Lipinski definition) is 4. The van der Waals surface area contributed by atoms with Gasteiger partial charge in [-0.25, -0.2) is 0 Å². The number of thiophene rings is 1. The summed E-state index contributed by atoms with van der Waals surface area (Å²) in [5, 5.41) is 0. The summed E-state index contributed by atoms with van der Waals surface area (Å²) in [6.45, 7) is 1.21. The van der Waals surface area contributed by atoms with E-state index in [1.54, 1.807) is 16.2 Å². The molecule has 6 heteroatoms. The van der Waals surface area contributed by atoms with Gasteiger partial charge >= 0.3 is 0 Å². The monoisotopic (exact) mass is 310 g/mol. The summed E-state index contributed by atoms with van der Waals surface area (Å²) < 4.78 is 0. The van der Waals surface area contributed by atoms with Gasteiger partial charge in [-0.2, -0.15) is 11.8 Å². The van der Waals surface area contributed by atoms with Crippen molar-refractivity contribution in [2.45, 2.75) is 25.0 Å². The van der Waals surface area contributed by atoms with E-state index in [9.17, 15) is 9.59 Å². The van der Waals surface area contributed by atoms with Crippen molar-refractivity contribution in [3.8, 4) is 0 Å². The van der Waals surface area contributed by atoms with Gasteiger partial charge in [0.2, 0.25) is 5.91 Å². The Kier molecular flexibility index (Phi) is 4.03. The van der Waals surface area contributed by atoms with Crippen molar-refractivity contribution in [1.29, 1.82) is 0 Å². The van der Waals surface area contributed by atoms with Crippen LogP contribution in [-0.2, 0) is 17.0 Å². The standard InChI is InChI=1S/C14H18N2O2S2/c15-13(17)9-2-1-4-16(7-9)14(18)12-6-10-8-19-5-3-11(10)20-12/h6,9H,1-5,7-8H2,(H2,15,17)/t9-/m0/s1. The first-order valence-corrected chi connectivity index (χ1v) is 8.90. The average Bonchev–Trinajstić information content (AvgIpc) is 2.90. The minimum absolute atomic E-state index is 0.0698. The number of hydrogen-bond donors (Lipinski definition) is 1. The minimum Gasteiger partial charge on any atom is -0.369 e. The average molecular weight is 310 g/mol. The molecule has 1 fully saturated rings. The highest BCUT2D eigenvalue weighted by Crippen LogP contribution is 2.32. The van der Waals surface area contributed by atoms with E-state index in [4.69, 9.17) is 5.73 Å². The molecule has 1 saturated heterocycles.